The summed E-state index contributed by atoms with van der Waals surface area (Å²) in [5.41, 5.74) is 1.97. The molecule has 0 aliphatic carbocycles. The molecule has 0 aliphatic rings. The van der Waals surface area contributed by atoms with Gasteiger partial charge < -0.3 is 5.32 Å². The first-order valence-electron chi connectivity index (χ1n) is 6.56. The number of hydrogen-bond donors (Lipinski definition) is 1. The van der Waals surface area contributed by atoms with Crippen molar-refractivity contribution in [3.05, 3.63) is 50.2 Å². The lowest BCUT2D eigenvalue weighted by Gasteiger charge is -2.14. The van der Waals surface area contributed by atoms with E-state index in [1.54, 1.807) is 24.7 Å². The van der Waals surface area contributed by atoms with Gasteiger partial charge in [0.05, 0.1) is 15.1 Å². The number of nitrogens with zero attached hydrogens (tertiary/aromatic N) is 3. The molecule has 0 bridgehead atoms. The van der Waals surface area contributed by atoms with Gasteiger partial charge >= 0.3 is 0 Å². The average molecular weight is 367 g/mol. The number of hydrogen-bond acceptors (Lipinski definition) is 4. The Labute approximate surface area is 135 Å². The van der Waals surface area contributed by atoms with Crippen LogP contribution >= 0.6 is 15.9 Å². The summed E-state index contributed by atoms with van der Waals surface area (Å²) in [6.45, 7) is 5.28. The van der Waals surface area contributed by atoms with E-state index in [-0.39, 0.29) is 11.6 Å². The number of benzene rings is 1. The lowest BCUT2D eigenvalue weighted by molar-refractivity contribution is -0.384. The zero-order chi connectivity index (χ0) is 16.4. The highest BCUT2D eigenvalue weighted by molar-refractivity contribution is 9.10. The molecule has 1 unspecified atom stereocenters. The summed E-state index contributed by atoms with van der Waals surface area (Å²) < 4.78 is 2.40. The predicted molar refractivity (Wildman–Crippen MR) is 85.8 cm³/mol. The van der Waals surface area contributed by atoms with Crippen molar-refractivity contribution in [2.75, 3.05) is 5.32 Å². The molecule has 0 saturated carbocycles. The van der Waals surface area contributed by atoms with Gasteiger partial charge in [-0.3, -0.25) is 19.6 Å². The molecule has 7 nitrogen and oxygen atoms in total. The minimum atomic E-state index is -0.500. The molecule has 1 heterocycles. The minimum absolute atomic E-state index is 0.00446. The lowest BCUT2D eigenvalue weighted by Crippen LogP contribution is -2.24. The van der Waals surface area contributed by atoms with Crippen LogP contribution in [0, 0.1) is 24.0 Å². The Kier molecular flexibility index (Phi) is 4.60. The van der Waals surface area contributed by atoms with Crippen molar-refractivity contribution in [2.45, 2.75) is 26.8 Å². The molecule has 2 aromatic rings. The number of amides is 1. The van der Waals surface area contributed by atoms with Crippen LogP contribution in [0.1, 0.15) is 24.2 Å². The summed E-state index contributed by atoms with van der Waals surface area (Å²) in [4.78, 5) is 22.5. The maximum atomic E-state index is 12.3. The molecule has 8 heteroatoms. The summed E-state index contributed by atoms with van der Waals surface area (Å²) in [7, 11) is 0. The Morgan fingerprint density at radius 1 is 1.45 bits per heavy atom. The molecule has 1 N–H and O–H groups in total. The molecule has 0 spiro atoms. The van der Waals surface area contributed by atoms with Crippen molar-refractivity contribution < 1.29 is 9.72 Å². The molecule has 0 fully saturated rings. The van der Waals surface area contributed by atoms with Crippen molar-refractivity contribution in [1.82, 2.24) is 9.78 Å². The second kappa shape index (κ2) is 6.27. The van der Waals surface area contributed by atoms with Gasteiger partial charge in [0.1, 0.15) is 6.04 Å². The fourth-order valence-corrected chi connectivity index (χ4v) is 2.21. The van der Waals surface area contributed by atoms with E-state index in [1.165, 1.54) is 18.2 Å². The van der Waals surface area contributed by atoms with Gasteiger partial charge in [-0.2, -0.15) is 5.10 Å². The first kappa shape index (κ1) is 16.2. The third kappa shape index (κ3) is 3.33. The Bertz CT molecular complexity index is 722. The van der Waals surface area contributed by atoms with E-state index < -0.39 is 11.0 Å². The van der Waals surface area contributed by atoms with Crippen molar-refractivity contribution in [3.8, 4) is 0 Å². The number of aryl methyl sites for hydroxylation is 2. The maximum Gasteiger partial charge on any atom is 0.269 e. The fraction of sp³-hybridized carbons (Fsp3) is 0.286. The average Bonchev–Trinajstić information content (AvgIpc) is 2.79. The summed E-state index contributed by atoms with van der Waals surface area (Å²) in [5.74, 6) is -0.244. The van der Waals surface area contributed by atoms with Crippen LogP contribution in [0.2, 0.25) is 0 Å². The standard InChI is InChI=1S/C14H15BrN4O3/c1-8-6-11(19(21)22)4-5-13(8)16-14(20)10(3)18-7-12(15)9(2)17-18/h4-7,10H,1-3H3,(H,16,20). The SMILES string of the molecule is Cc1cc([N+](=O)[O-])ccc1NC(=O)C(C)n1cc(Br)c(C)n1. The van der Waals surface area contributed by atoms with Gasteiger partial charge in [0, 0.05) is 24.0 Å². The van der Waals surface area contributed by atoms with Gasteiger partial charge in [0.2, 0.25) is 5.91 Å². The van der Waals surface area contributed by atoms with Crippen molar-refractivity contribution in [3.63, 3.8) is 0 Å². The Morgan fingerprint density at radius 3 is 2.64 bits per heavy atom. The molecule has 0 aliphatic heterocycles. The van der Waals surface area contributed by atoms with Gasteiger partial charge in [0.25, 0.3) is 5.69 Å². The van der Waals surface area contributed by atoms with E-state index in [4.69, 9.17) is 0 Å². The molecular weight excluding hydrogens is 352 g/mol. The van der Waals surface area contributed by atoms with Gasteiger partial charge in [-0.25, -0.2) is 0 Å². The number of carbonyl (C=O) groups is 1. The topological polar surface area (TPSA) is 90.1 Å². The molecule has 1 aromatic heterocycles. The molecular formula is C14H15BrN4O3. The largest absolute Gasteiger partial charge is 0.324 e. The van der Waals surface area contributed by atoms with Crippen LogP contribution in [0.3, 0.4) is 0 Å². The van der Waals surface area contributed by atoms with Crippen LogP contribution in [0.25, 0.3) is 0 Å². The first-order chi connectivity index (χ1) is 10.3. The lowest BCUT2D eigenvalue weighted by atomic mass is 10.1. The zero-order valence-corrected chi connectivity index (χ0v) is 13.9. The van der Waals surface area contributed by atoms with Gasteiger partial charge in [-0.15, -0.1) is 0 Å². The van der Waals surface area contributed by atoms with E-state index in [0.717, 1.165) is 10.2 Å². The Morgan fingerprint density at radius 2 is 2.14 bits per heavy atom. The van der Waals surface area contributed by atoms with Crippen molar-refractivity contribution in [1.29, 1.82) is 0 Å². The van der Waals surface area contributed by atoms with Crippen LogP contribution in [-0.2, 0) is 4.79 Å². The second-order valence-corrected chi connectivity index (χ2v) is 5.82. The molecule has 1 atom stereocenters. The number of halogens is 1. The van der Waals surface area contributed by atoms with E-state index in [9.17, 15) is 14.9 Å². The first-order valence-corrected chi connectivity index (χ1v) is 7.36. The molecule has 1 amide bonds. The summed E-state index contributed by atoms with van der Waals surface area (Å²) in [5, 5.41) is 17.7. The van der Waals surface area contributed by atoms with Gasteiger partial charge in [-0.05, 0) is 48.3 Å². The molecule has 2 rings (SSSR count). The van der Waals surface area contributed by atoms with Gasteiger partial charge in [0.15, 0.2) is 0 Å². The third-order valence-electron chi connectivity index (χ3n) is 3.31. The van der Waals surface area contributed by atoms with Crippen LogP contribution in [-0.4, -0.2) is 20.6 Å². The number of rotatable bonds is 4. The Balaban J connectivity index is 2.16. The normalized spacial score (nSPS) is 12.0. The fourth-order valence-electron chi connectivity index (χ4n) is 1.92. The number of aromatic nitrogens is 2. The van der Waals surface area contributed by atoms with Crippen LogP contribution in [0.5, 0.6) is 0 Å². The quantitative estimate of drug-likeness (QED) is 0.663. The summed E-state index contributed by atoms with van der Waals surface area (Å²) >= 11 is 3.35. The third-order valence-corrected chi connectivity index (χ3v) is 4.09. The number of nitrogens with one attached hydrogen (secondary N) is 1. The highest BCUT2D eigenvalue weighted by atomic mass is 79.9. The molecule has 0 radical (unpaired) electrons. The number of carbonyl (C=O) groups excluding carboxylic acids is 1. The molecule has 116 valence electrons. The Hall–Kier alpha value is -2.22. The molecule has 22 heavy (non-hydrogen) atoms. The van der Waals surface area contributed by atoms with Crippen LogP contribution in [0.15, 0.2) is 28.9 Å². The number of non-ortho nitro benzene ring substituents is 1. The maximum absolute atomic E-state index is 12.3. The minimum Gasteiger partial charge on any atom is -0.324 e. The van der Waals surface area contributed by atoms with Gasteiger partial charge in [-0.1, -0.05) is 0 Å². The number of nitro groups is 1. The van der Waals surface area contributed by atoms with Crippen molar-refractivity contribution >= 4 is 33.2 Å². The number of nitro benzene ring substituents is 1. The van der Waals surface area contributed by atoms with Crippen LogP contribution < -0.4 is 5.32 Å². The highest BCUT2D eigenvalue weighted by Gasteiger charge is 2.18. The van der Waals surface area contributed by atoms with E-state index >= 15 is 0 Å². The van der Waals surface area contributed by atoms with Crippen LogP contribution in [0.4, 0.5) is 11.4 Å². The van der Waals surface area contributed by atoms with E-state index in [1.807, 2.05) is 6.92 Å². The zero-order valence-electron chi connectivity index (χ0n) is 12.3. The smallest absolute Gasteiger partial charge is 0.269 e. The van der Waals surface area contributed by atoms with Crippen molar-refractivity contribution in [2.24, 2.45) is 0 Å². The van der Waals surface area contributed by atoms with E-state index in [2.05, 4.69) is 26.3 Å². The molecule has 1 aromatic carbocycles. The summed E-state index contributed by atoms with van der Waals surface area (Å²) in [6, 6.07) is 3.82. The molecule has 0 saturated heterocycles. The second-order valence-electron chi connectivity index (χ2n) is 4.96. The predicted octanol–water partition coefficient (Wildman–Crippen LogP) is 3.37. The summed E-state index contributed by atoms with van der Waals surface area (Å²) in [6.07, 6.45) is 1.74. The number of anilines is 1. The monoisotopic (exact) mass is 366 g/mol. The highest BCUT2D eigenvalue weighted by Crippen LogP contribution is 2.23. The van der Waals surface area contributed by atoms with E-state index in [0.29, 0.717) is 11.3 Å².